The quantitative estimate of drug-likeness (QED) is 0.627. The molecule has 5 heteroatoms. The third kappa shape index (κ3) is 6.28. The van der Waals surface area contributed by atoms with E-state index < -0.39 is 0 Å². The maximum Gasteiger partial charge on any atom is 0.227 e. The van der Waals surface area contributed by atoms with Gasteiger partial charge in [0.2, 0.25) is 5.96 Å². The SMILES string of the molecule is C=CC1=C/C(=C)OCC/C=C/CN(C)CC23C=CC=C(NC(=N\C(C)=C/C)/N=C/1)C2C3.[HH]. The number of ether oxygens (including phenoxy) is 1. The zero-order valence-corrected chi connectivity index (χ0v) is 19.0. The second-order valence-corrected chi connectivity index (χ2v) is 8.34. The minimum Gasteiger partial charge on any atom is -0.494 e. The predicted molar refractivity (Wildman–Crippen MR) is 133 cm³/mol. The highest BCUT2D eigenvalue weighted by atomic mass is 16.5. The minimum absolute atomic E-state index is 0. The van der Waals surface area contributed by atoms with E-state index in [0.29, 0.717) is 24.2 Å². The van der Waals surface area contributed by atoms with Crippen LogP contribution in [0.4, 0.5) is 0 Å². The Morgan fingerprint density at radius 2 is 2.29 bits per heavy atom. The normalized spacial score (nSPS) is 32.9. The van der Waals surface area contributed by atoms with Crippen LogP contribution in [0.3, 0.4) is 0 Å². The van der Waals surface area contributed by atoms with Gasteiger partial charge in [-0.3, -0.25) is 0 Å². The van der Waals surface area contributed by atoms with Crippen molar-refractivity contribution in [3.8, 4) is 0 Å². The monoisotopic (exact) mass is 420 g/mol. The van der Waals surface area contributed by atoms with Gasteiger partial charge in [-0.2, -0.15) is 0 Å². The molecule has 166 valence electrons. The van der Waals surface area contributed by atoms with Gasteiger partial charge in [-0.1, -0.05) is 49.6 Å². The molecule has 31 heavy (non-hydrogen) atoms. The van der Waals surface area contributed by atoms with Gasteiger partial charge in [0.25, 0.3) is 0 Å². The average molecular weight is 421 g/mol. The van der Waals surface area contributed by atoms with Crippen LogP contribution in [0.15, 0.2) is 94.5 Å². The molecule has 3 aliphatic rings. The molecule has 0 saturated heterocycles. The fraction of sp³-hybridized carbons (Fsp3) is 0.385. The largest absolute Gasteiger partial charge is 0.494 e. The summed E-state index contributed by atoms with van der Waals surface area (Å²) in [6, 6.07) is 0. The van der Waals surface area contributed by atoms with Gasteiger partial charge in [-0.15, -0.1) is 0 Å². The highest BCUT2D eigenvalue weighted by Crippen LogP contribution is 2.59. The number of nitrogens with zero attached hydrogens (tertiary/aromatic N) is 3. The molecule has 2 unspecified atom stereocenters. The molecule has 2 aliphatic carbocycles. The lowest BCUT2D eigenvalue weighted by Gasteiger charge is -2.24. The topological polar surface area (TPSA) is 49.2 Å². The lowest BCUT2D eigenvalue weighted by Crippen LogP contribution is -2.31. The first-order valence-corrected chi connectivity index (χ1v) is 10.9. The van der Waals surface area contributed by atoms with E-state index in [1.165, 1.54) is 5.70 Å². The third-order valence-electron chi connectivity index (χ3n) is 5.77. The zero-order valence-electron chi connectivity index (χ0n) is 19.0. The van der Waals surface area contributed by atoms with Crippen molar-refractivity contribution in [3.05, 3.63) is 84.5 Å². The summed E-state index contributed by atoms with van der Waals surface area (Å²) in [6.45, 7) is 14.3. The summed E-state index contributed by atoms with van der Waals surface area (Å²) < 4.78 is 5.72. The smallest absolute Gasteiger partial charge is 0.227 e. The van der Waals surface area contributed by atoms with Crippen molar-refractivity contribution in [1.82, 2.24) is 10.2 Å². The van der Waals surface area contributed by atoms with Crippen LogP contribution in [0.2, 0.25) is 0 Å². The van der Waals surface area contributed by atoms with Crippen LogP contribution in [0.25, 0.3) is 0 Å². The number of nitrogens with one attached hydrogen (secondary N) is 1. The lowest BCUT2D eigenvalue weighted by molar-refractivity contribution is 0.231. The fourth-order valence-electron chi connectivity index (χ4n) is 3.90. The van der Waals surface area contributed by atoms with Gasteiger partial charge in [-0.25, -0.2) is 9.98 Å². The molecule has 0 aromatic rings. The lowest BCUT2D eigenvalue weighted by atomic mass is 9.96. The molecule has 0 amide bonds. The fourth-order valence-corrected chi connectivity index (χ4v) is 3.90. The maximum atomic E-state index is 5.72. The molecule has 0 aromatic heterocycles. The standard InChI is InChI=1S/C26H34N4O.H2/c1-6-20(3)28-25-27-18-22(7-2)16-21(4)31-15-10-8-9-14-30(5)19-26-13-11-12-24(29-25)23(26)17-26;/h6-9,11-13,16,18,23H,2,4,10,14-15,17,19H2,1,3,5H3,(H,28,29);1H/b9-8+,20-6-,22-16+,27-18+;. The van der Waals surface area contributed by atoms with E-state index in [0.717, 1.165) is 37.2 Å². The first-order valence-electron chi connectivity index (χ1n) is 10.9. The number of aliphatic imine (C=N–C) groups is 2. The first-order chi connectivity index (χ1) is 15.0. The van der Waals surface area contributed by atoms with Crippen LogP contribution in [0, 0.1) is 11.3 Å². The van der Waals surface area contributed by atoms with Crippen molar-refractivity contribution in [2.45, 2.75) is 26.7 Å². The molecule has 1 aliphatic heterocycles. The van der Waals surface area contributed by atoms with Gasteiger partial charge in [-0.05, 0) is 51.5 Å². The van der Waals surface area contributed by atoms with Crippen molar-refractivity contribution in [2.24, 2.45) is 21.3 Å². The van der Waals surface area contributed by atoms with E-state index in [2.05, 4.69) is 70.8 Å². The zero-order chi connectivity index (χ0) is 22.3. The Morgan fingerprint density at radius 3 is 3.06 bits per heavy atom. The molecule has 1 heterocycles. The molecule has 0 spiro atoms. The summed E-state index contributed by atoms with van der Waals surface area (Å²) >= 11 is 0. The molecule has 1 N–H and O–H groups in total. The predicted octanol–water partition coefficient (Wildman–Crippen LogP) is 5.17. The van der Waals surface area contributed by atoms with Crippen molar-refractivity contribution >= 4 is 12.2 Å². The van der Waals surface area contributed by atoms with Gasteiger partial charge < -0.3 is 15.0 Å². The van der Waals surface area contributed by atoms with Gasteiger partial charge in [0, 0.05) is 43.5 Å². The van der Waals surface area contributed by atoms with E-state index >= 15 is 0 Å². The van der Waals surface area contributed by atoms with E-state index in [1.807, 2.05) is 26.0 Å². The van der Waals surface area contributed by atoms with Crippen molar-refractivity contribution in [1.29, 1.82) is 0 Å². The molecule has 1 fully saturated rings. The number of likely N-dealkylation sites (N-methyl/N-ethyl adjacent to an activating group) is 1. The number of guanidine groups is 1. The number of allylic oxidation sites excluding steroid dienone is 8. The molecule has 3 rings (SSSR count). The van der Waals surface area contributed by atoms with Crippen LogP contribution in [0.5, 0.6) is 0 Å². The van der Waals surface area contributed by atoms with Crippen LogP contribution in [0.1, 0.15) is 28.1 Å². The minimum atomic E-state index is 0. The van der Waals surface area contributed by atoms with Gasteiger partial charge in [0.1, 0.15) is 5.76 Å². The Hall–Kier alpha value is -2.92. The van der Waals surface area contributed by atoms with E-state index in [9.17, 15) is 0 Å². The van der Waals surface area contributed by atoms with Crippen LogP contribution in [-0.4, -0.2) is 43.8 Å². The Bertz CT molecular complexity index is 922. The summed E-state index contributed by atoms with van der Waals surface area (Å²) in [6.07, 6.45) is 20.3. The number of rotatable bonds is 2. The summed E-state index contributed by atoms with van der Waals surface area (Å²) in [5.41, 5.74) is 3.08. The molecule has 5 nitrogen and oxygen atoms in total. The van der Waals surface area contributed by atoms with Crippen molar-refractivity contribution in [3.63, 3.8) is 0 Å². The Morgan fingerprint density at radius 1 is 1.45 bits per heavy atom. The average Bonchev–Trinajstić information content (AvgIpc) is 3.47. The summed E-state index contributed by atoms with van der Waals surface area (Å²) in [4.78, 5) is 11.7. The van der Waals surface area contributed by atoms with Gasteiger partial charge >= 0.3 is 0 Å². The molecule has 2 bridgehead atoms. The first kappa shape index (κ1) is 22.8. The second kappa shape index (κ2) is 10.4. The molecular weight excluding hydrogens is 384 g/mol. The van der Waals surface area contributed by atoms with Gasteiger partial charge in [0.05, 0.1) is 6.61 Å². The Kier molecular flexibility index (Phi) is 7.64. The van der Waals surface area contributed by atoms with Crippen molar-refractivity contribution in [2.75, 3.05) is 26.7 Å². The second-order valence-electron chi connectivity index (χ2n) is 8.34. The molecular formula is C26H36N4O. The summed E-state index contributed by atoms with van der Waals surface area (Å²) in [5, 5.41) is 3.49. The van der Waals surface area contributed by atoms with Crippen LogP contribution < -0.4 is 5.32 Å². The van der Waals surface area contributed by atoms with Crippen molar-refractivity contribution < 1.29 is 6.16 Å². The highest BCUT2D eigenvalue weighted by molar-refractivity contribution is 5.96. The molecule has 0 aromatic carbocycles. The summed E-state index contributed by atoms with van der Waals surface area (Å²) in [7, 11) is 2.18. The Labute approximate surface area is 188 Å². The molecule has 1 saturated carbocycles. The van der Waals surface area contributed by atoms with E-state index in [4.69, 9.17) is 4.74 Å². The van der Waals surface area contributed by atoms with Crippen LogP contribution in [-0.2, 0) is 4.74 Å². The molecule has 2 atom stereocenters. The highest BCUT2D eigenvalue weighted by Gasteiger charge is 2.55. The molecule has 0 radical (unpaired) electrons. The third-order valence-corrected chi connectivity index (χ3v) is 5.77. The number of hydrogen-bond donors (Lipinski definition) is 1. The van der Waals surface area contributed by atoms with Crippen LogP contribution >= 0.6 is 0 Å². The maximum absolute atomic E-state index is 5.72. The summed E-state index contributed by atoms with van der Waals surface area (Å²) in [5.74, 6) is 1.62. The number of hydrogen-bond acceptors (Lipinski definition) is 3. The van der Waals surface area contributed by atoms with Gasteiger partial charge in [0.15, 0.2) is 0 Å². The van der Waals surface area contributed by atoms with E-state index in [1.54, 1.807) is 12.3 Å². The van der Waals surface area contributed by atoms with E-state index in [-0.39, 0.29) is 6.84 Å². The Balaban J connectivity index is 0.00000363.